The van der Waals surface area contributed by atoms with Crippen LogP contribution in [0.3, 0.4) is 0 Å². The van der Waals surface area contributed by atoms with Crippen LogP contribution >= 0.6 is 11.6 Å². The van der Waals surface area contributed by atoms with Crippen molar-refractivity contribution in [2.24, 2.45) is 5.73 Å². The first-order chi connectivity index (χ1) is 20.5. The number of aryl methyl sites for hydroxylation is 1. The molecule has 1 amide bonds. The fourth-order valence-corrected chi connectivity index (χ4v) is 7.00. The van der Waals surface area contributed by atoms with Gasteiger partial charge in [-0.25, -0.2) is 13.4 Å². The Balaban J connectivity index is 1.19. The molecule has 3 aromatic rings. The van der Waals surface area contributed by atoms with Gasteiger partial charge in [-0.05, 0) is 92.0 Å². The van der Waals surface area contributed by atoms with E-state index in [4.69, 9.17) is 17.3 Å². The molecule has 0 saturated carbocycles. The number of hydrogen-bond donors (Lipinski definition) is 3. The first-order valence-corrected chi connectivity index (χ1v) is 15.7. The van der Waals surface area contributed by atoms with Crippen LogP contribution in [0, 0.1) is 0 Å². The van der Waals surface area contributed by atoms with E-state index in [-0.39, 0.29) is 54.0 Å². The normalized spacial score (nSPS) is 17.6. The number of fused-ring (bicyclic) bond motifs is 1. The maximum Gasteiger partial charge on any atom is 0.416 e. The van der Waals surface area contributed by atoms with Crippen LogP contribution in [0.1, 0.15) is 45.9 Å². The summed E-state index contributed by atoms with van der Waals surface area (Å²) < 4.78 is 67.4. The smallest absolute Gasteiger partial charge is 0.354 e. The third kappa shape index (κ3) is 7.13. The topological polar surface area (TPSA) is 121 Å². The van der Waals surface area contributed by atoms with Gasteiger partial charge in [0.2, 0.25) is 10.0 Å². The average Bonchev–Trinajstić information content (AvgIpc) is 3.39. The van der Waals surface area contributed by atoms with Gasteiger partial charge in [-0.15, -0.1) is 0 Å². The van der Waals surface area contributed by atoms with Gasteiger partial charge in [0.25, 0.3) is 5.91 Å². The molecular weight excluding hydrogens is 605 g/mol. The van der Waals surface area contributed by atoms with E-state index in [1.165, 1.54) is 34.1 Å². The lowest BCUT2D eigenvalue weighted by Crippen LogP contribution is -2.49. The number of nitrogens with two attached hydrogens (primary N) is 1. The van der Waals surface area contributed by atoms with E-state index in [2.05, 4.69) is 15.6 Å². The molecule has 1 aromatic heterocycles. The standard InChI is InChI=1S/C29H32ClF3N6O3S/c30-26-17-21(29(31,32)33)18-27(37-26)38-12-14-39(15-13-38)43(41,42)23-6-4-22(5-7-23)36-28(40)20-2-8-24-19(16-20)3-9-25(24)35-11-1-10-34/h2,4-8,16-18,25,35H,1,3,9-15,34H2,(H,36,40). The maximum absolute atomic E-state index is 13.3. The molecule has 43 heavy (non-hydrogen) atoms. The van der Waals surface area contributed by atoms with Crippen LogP contribution in [0.2, 0.25) is 5.15 Å². The van der Waals surface area contributed by atoms with Crippen LogP contribution in [0.4, 0.5) is 24.7 Å². The van der Waals surface area contributed by atoms with E-state index >= 15 is 0 Å². The summed E-state index contributed by atoms with van der Waals surface area (Å²) in [5, 5.41) is 6.04. The molecule has 2 heterocycles. The van der Waals surface area contributed by atoms with E-state index in [9.17, 15) is 26.4 Å². The quantitative estimate of drug-likeness (QED) is 0.235. The molecule has 2 aliphatic rings. The largest absolute Gasteiger partial charge is 0.416 e. The number of rotatable bonds is 9. The number of nitrogens with zero attached hydrogens (tertiary/aromatic N) is 3. The number of hydrogen-bond acceptors (Lipinski definition) is 7. The van der Waals surface area contributed by atoms with Gasteiger partial charge in [0.05, 0.1) is 10.5 Å². The zero-order chi connectivity index (χ0) is 30.8. The Morgan fingerprint density at radius 2 is 1.77 bits per heavy atom. The van der Waals surface area contributed by atoms with Crippen molar-refractivity contribution in [2.75, 3.05) is 49.5 Å². The number of benzene rings is 2. The van der Waals surface area contributed by atoms with Gasteiger partial charge in [-0.1, -0.05) is 17.7 Å². The second kappa shape index (κ2) is 12.8. The molecule has 4 N–H and O–H groups in total. The van der Waals surface area contributed by atoms with Crippen LogP contribution in [-0.2, 0) is 22.6 Å². The van der Waals surface area contributed by atoms with Crippen LogP contribution in [0.5, 0.6) is 0 Å². The molecule has 5 rings (SSSR count). The van der Waals surface area contributed by atoms with Crippen molar-refractivity contribution in [3.63, 3.8) is 0 Å². The summed E-state index contributed by atoms with van der Waals surface area (Å²) in [5.41, 5.74) is 7.96. The number of piperazine rings is 1. The molecule has 1 aliphatic heterocycles. The van der Waals surface area contributed by atoms with Gasteiger partial charge in [0, 0.05) is 43.5 Å². The maximum atomic E-state index is 13.3. The zero-order valence-electron chi connectivity index (χ0n) is 23.2. The van der Waals surface area contributed by atoms with Crippen LogP contribution in [0.25, 0.3) is 0 Å². The van der Waals surface area contributed by atoms with Gasteiger partial charge in [-0.3, -0.25) is 4.79 Å². The molecule has 0 radical (unpaired) electrons. The lowest BCUT2D eigenvalue weighted by Gasteiger charge is -2.35. The first-order valence-electron chi connectivity index (χ1n) is 13.9. The summed E-state index contributed by atoms with van der Waals surface area (Å²) in [6.45, 7) is 1.87. The SMILES string of the molecule is NCCCNC1CCc2cc(C(=O)Nc3ccc(S(=O)(=O)N4CCN(c5cc(C(F)(F)F)cc(Cl)n5)CC4)cc3)ccc21. The summed E-state index contributed by atoms with van der Waals surface area (Å²) in [6.07, 6.45) is -1.83. The number of nitrogens with one attached hydrogen (secondary N) is 2. The summed E-state index contributed by atoms with van der Waals surface area (Å²) >= 11 is 5.81. The van der Waals surface area contributed by atoms with Crippen molar-refractivity contribution >= 4 is 39.0 Å². The molecule has 14 heteroatoms. The van der Waals surface area contributed by atoms with Crippen LogP contribution < -0.4 is 21.3 Å². The number of halogens is 4. The molecule has 1 atom stereocenters. The molecule has 0 bridgehead atoms. The fourth-order valence-electron chi connectivity index (χ4n) is 5.38. The van der Waals surface area contributed by atoms with Crippen LogP contribution in [0.15, 0.2) is 59.5 Å². The van der Waals surface area contributed by atoms with E-state index in [1.807, 2.05) is 12.1 Å². The first kappa shape index (κ1) is 31.2. The fraction of sp³-hybridized carbons (Fsp3) is 0.379. The van der Waals surface area contributed by atoms with Crippen molar-refractivity contribution < 1.29 is 26.4 Å². The van der Waals surface area contributed by atoms with Gasteiger partial charge in [0.1, 0.15) is 11.0 Å². The molecule has 230 valence electrons. The molecular formula is C29H32ClF3N6O3S. The highest BCUT2D eigenvalue weighted by molar-refractivity contribution is 7.89. The average molecular weight is 637 g/mol. The Hall–Kier alpha value is -3.23. The van der Waals surface area contributed by atoms with Gasteiger partial charge >= 0.3 is 6.18 Å². The van der Waals surface area contributed by atoms with Gasteiger partial charge in [0.15, 0.2) is 0 Å². The number of sulfonamides is 1. The van der Waals surface area contributed by atoms with Crippen LogP contribution in [-0.4, -0.2) is 62.9 Å². The highest BCUT2D eigenvalue weighted by atomic mass is 35.5. The molecule has 1 aliphatic carbocycles. The third-order valence-corrected chi connectivity index (χ3v) is 9.78. The van der Waals surface area contributed by atoms with E-state index in [0.29, 0.717) is 17.8 Å². The zero-order valence-corrected chi connectivity index (χ0v) is 24.8. The van der Waals surface area contributed by atoms with Crippen molar-refractivity contribution in [1.82, 2.24) is 14.6 Å². The number of amides is 1. The predicted molar refractivity (Wildman–Crippen MR) is 159 cm³/mol. The van der Waals surface area contributed by atoms with Crippen molar-refractivity contribution in [3.8, 4) is 0 Å². The number of carbonyl (C=O) groups excluding carboxylic acids is 1. The van der Waals surface area contributed by atoms with Crippen molar-refractivity contribution in [3.05, 3.63) is 82.0 Å². The number of carbonyl (C=O) groups is 1. The highest BCUT2D eigenvalue weighted by Crippen LogP contribution is 2.34. The summed E-state index contributed by atoms with van der Waals surface area (Å²) in [4.78, 5) is 18.5. The Morgan fingerprint density at radius 1 is 1.05 bits per heavy atom. The third-order valence-electron chi connectivity index (χ3n) is 7.68. The Morgan fingerprint density at radius 3 is 2.44 bits per heavy atom. The van der Waals surface area contributed by atoms with Gasteiger partial charge < -0.3 is 21.3 Å². The minimum absolute atomic E-state index is 0.0410. The number of pyridine rings is 1. The van der Waals surface area contributed by atoms with Crippen molar-refractivity contribution in [2.45, 2.75) is 36.4 Å². The summed E-state index contributed by atoms with van der Waals surface area (Å²) in [7, 11) is -3.87. The predicted octanol–water partition coefficient (Wildman–Crippen LogP) is 4.44. The highest BCUT2D eigenvalue weighted by Gasteiger charge is 2.34. The second-order valence-corrected chi connectivity index (χ2v) is 12.8. The number of aromatic nitrogens is 1. The molecule has 0 spiro atoms. The van der Waals surface area contributed by atoms with E-state index in [1.54, 1.807) is 11.0 Å². The Kier molecular flexibility index (Phi) is 9.28. The molecule has 1 fully saturated rings. The monoisotopic (exact) mass is 636 g/mol. The molecule has 1 unspecified atom stereocenters. The summed E-state index contributed by atoms with van der Waals surface area (Å²) in [5.74, 6) is -0.253. The number of alkyl halides is 3. The Bertz CT molecular complexity index is 1580. The van der Waals surface area contributed by atoms with E-state index in [0.717, 1.165) is 43.5 Å². The molecule has 2 aromatic carbocycles. The van der Waals surface area contributed by atoms with Crippen molar-refractivity contribution in [1.29, 1.82) is 0 Å². The van der Waals surface area contributed by atoms with Gasteiger partial charge in [-0.2, -0.15) is 17.5 Å². The van der Waals surface area contributed by atoms with E-state index < -0.39 is 21.8 Å². The Labute approximate surface area is 253 Å². The molecule has 9 nitrogen and oxygen atoms in total. The minimum atomic E-state index is -4.58. The molecule has 1 saturated heterocycles. The minimum Gasteiger partial charge on any atom is -0.354 e. The second-order valence-electron chi connectivity index (χ2n) is 10.5. The lowest BCUT2D eigenvalue weighted by molar-refractivity contribution is -0.137. The lowest BCUT2D eigenvalue weighted by atomic mass is 10.0. The number of anilines is 2. The summed E-state index contributed by atoms with van der Waals surface area (Å²) in [6, 6.07) is 13.5.